The predicted octanol–water partition coefficient (Wildman–Crippen LogP) is 2.21. The Morgan fingerprint density at radius 1 is 0.968 bits per heavy atom. The average Bonchev–Trinajstić information content (AvgIpc) is 3.41. The van der Waals surface area contributed by atoms with Crippen LogP contribution in [-0.4, -0.2) is 62.3 Å². The molecule has 164 valence electrons. The molecule has 1 amide bonds. The number of ether oxygens (including phenoxy) is 3. The average molecular weight is 448 g/mol. The minimum atomic E-state index is -3.85. The third-order valence-corrected chi connectivity index (χ3v) is 7.94. The van der Waals surface area contributed by atoms with E-state index < -0.39 is 21.6 Å². The number of amides is 1. The fraction of sp³-hybridized carbons (Fsp3) is 0.381. The van der Waals surface area contributed by atoms with Crippen LogP contribution in [0.3, 0.4) is 0 Å². The lowest BCUT2D eigenvalue weighted by Gasteiger charge is -2.42. The van der Waals surface area contributed by atoms with E-state index in [4.69, 9.17) is 14.2 Å². The van der Waals surface area contributed by atoms with Crippen molar-refractivity contribution in [1.29, 1.82) is 0 Å². The Labute approximate surface area is 179 Å². The van der Waals surface area contributed by atoms with Gasteiger partial charge in [0.1, 0.15) is 11.5 Å². The van der Waals surface area contributed by atoms with Crippen LogP contribution in [0, 0.1) is 5.82 Å². The maximum Gasteiger partial charge on any atom is 0.253 e. The summed E-state index contributed by atoms with van der Waals surface area (Å²) >= 11 is 0. The molecule has 3 aliphatic rings. The summed E-state index contributed by atoms with van der Waals surface area (Å²) < 4.78 is 57.5. The number of likely N-dealkylation sites (tertiary alicyclic amines) is 1. The van der Waals surface area contributed by atoms with Gasteiger partial charge in [-0.05, 0) is 42.5 Å². The van der Waals surface area contributed by atoms with E-state index >= 15 is 0 Å². The van der Waals surface area contributed by atoms with Crippen LogP contribution >= 0.6 is 0 Å². The molecule has 0 atom stereocenters. The number of benzene rings is 2. The van der Waals surface area contributed by atoms with Crippen LogP contribution in [0.2, 0.25) is 0 Å². The molecular formula is C21H21FN2O6S. The number of nitrogens with zero attached hydrogens (tertiary/aromatic N) is 2. The maximum atomic E-state index is 13.2. The van der Waals surface area contributed by atoms with Gasteiger partial charge in [0.05, 0.1) is 11.5 Å². The molecular weight excluding hydrogens is 427 g/mol. The SMILES string of the molecule is O=C(c1ccc2c(c1)OCO2)N1CCC2(CC1)OCCN2S(=O)(=O)c1ccc(F)cc1. The minimum Gasteiger partial charge on any atom is -0.454 e. The third-order valence-electron chi connectivity index (χ3n) is 5.97. The van der Waals surface area contributed by atoms with Gasteiger partial charge in [0.25, 0.3) is 5.91 Å². The van der Waals surface area contributed by atoms with Crippen molar-refractivity contribution in [2.75, 3.05) is 33.0 Å². The van der Waals surface area contributed by atoms with Crippen molar-refractivity contribution in [3.63, 3.8) is 0 Å². The van der Waals surface area contributed by atoms with E-state index in [1.54, 1.807) is 23.1 Å². The maximum absolute atomic E-state index is 13.2. The van der Waals surface area contributed by atoms with E-state index in [2.05, 4.69) is 0 Å². The number of carbonyl (C=O) groups is 1. The first-order chi connectivity index (χ1) is 14.9. The Kier molecular flexibility index (Phi) is 4.87. The molecule has 0 saturated carbocycles. The zero-order valence-electron chi connectivity index (χ0n) is 16.6. The molecule has 2 saturated heterocycles. The topological polar surface area (TPSA) is 85.4 Å². The Morgan fingerprint density at radius 3 is 2.42 bits per heavy atom. The molecule has 31 heavy (non-hydrogen) atoms. The number of piperidine rings is 1. The quantitative estimate of drug-likeness (QED) is 0.716. The molecule has 2 aromatic carbocycles. The highest BCUT2D eigenvalue weighted by Crippen LogP contribution is 2.39. The van der Waals surface area contributed by atoms with E-state index in [-0.39, 0.29) is 30.7 Å². The van der Waals surface area contributed by atoms with E-state index in [1.165, 1.54) is 16.4 Å². The van der Waals surface area contributed by atoms with Crippen molar-refractivity contribution in [3.8, 4) is 11.5 Å². The Morgan fingerprint density at radius 2 is 1.68 bits per heavy atom. The van der Waals surface area contributed by atoms with Gasteiger partial charge >= 0.3 is 0 Å². The number of halogens is 1. The second-order valence-corrected chi connectivity index (χ2v) is 9.55. The Hall–Kier alpha value is -2.69. The second-order valence-electron chi connectivity index (χ2n) is 7.69. The molecule has 2 fully saturated rings. The summed E-state index contributed by atoms with van der Waals surface area (Å²) in [5.41, 5.74) is -0.512. The van der Waals surface area contributed by atoms with Gasteiger partial charge in [-0.3, -0.25) is 4.79 Å². The van der Waals surface area contributed by atoms with E-state index in [1.807, 2.05) is 0 Å². The van der Waals surface area contributed by atoms with Gasteiger partial charge in [0, 0.05) is 38.0 Å². The highest BCUT2D eigenvalue weighted by molar-refractivity contribution is 7.89. The molecule has 5 rings (SSSR count). The molecule has 0 N–H and O–H groups in total. The largest absolute Gasteiger partial charge is 0.454 e. The fourth-order valence-electron chi connectivity index (χ4n) is 4.33. The smallest absolute Gasteiger partial charge is 0.253 e. The van der Waals surface area contributed by atoms with Crippen molar-refractivity contribution in [2.24, 2.45) is 0 Å². The van der Waals surface area contributed by atoms with Crippen molar-refractivity contribution in [3.05, 3.63) is 53.8 Å². The summed E-state index contributed by atoms with van der Waals surface area (Å²) in [6, 6.07) is 9.83. The molecule has 0 radical (unpaired) electrons. The Balaban J connectivity index is 1.32. The van der Waals surface area contributed by atoms with Crippen LogP contribution in [0.25, 0.3) is 0 Å². The lowest BCUT2D eigenvalue weighted by atomic mass is 10.00. The summed E-state index contributed by atoms with van der Waals surface area (Å²) in [5, 5.41) is 0. The highest BCUT2D eigenvalue weighted by Gasteiger charge is 2.51. The van der Waals surface area contributed by atoms with Crippen LogP contribution in [0.1, 0.15) is 23.2 Å². The van der Waals surface area contributed by atoms with Crippen LogP contribution < -0.4 is 9.47 Å². The van der Waals surface area contributed by atoms with E-state index in [0.717, 1.165) is 12.1 Å². The highest BCUT2D eigenvalue weighted by atomic mass is 32.2. The molecule has 0 bridgehead atoms. The molecule has 3 aliphatic heterocycles. The normalized spacial score (nSPS) is 20.4. The van der Waals surface area contributed by atoms with Gasteiger partial charge in [0.2, 0.25) is 16.8 Å². The summed E-state index contributed by atoms with van der Waals surface area (Å²) in [6.07, 6.45) is 0.702. The summed E-state index contributed by atoms with van der Waals surface area (Å²) in [6.45, 7) is 1.33. The standard InChI is InChI=1S/C21H21FN2O6S/c22-16-2-4-17(5-3-16)31(26,27)24-11-12-30-21(24)7-9-23(10-8-21)20(25)15-1-6-18-19(13-15)29-14-28-18/h1-6,13H,7-12,14H2. The second kappa shape index (κ2) is 7.47. The van der Waals surface area contributed by atoms with Gasteiger partial charge in [0.15, 0.2) is 11.5 Å². The van der Waals surface area contributed by atoms with Gasteiger partial charge in [-0.25, -0.2) is 12.8 Å². The van der Waals surface area contributed by atoms with Crippen molar-refractivity contribution < 1.29 is 31.8 Å². The first-order valence-corrected chi connectivity index (χ1v) is 11.4. The molecule has 1 spiro atoms. The number of rotatable bonds is 3. The molecule has 10 heteroatoms. The molecule has 0 aromatic heterocycles. The molecule has 0 aliphatic carbocycles. The lowest BCUT2D eigenvalue weighted by molar-refractivity contribution is -0.0857. The van der Waals surface area contributed by atoms with Crippen LogP contribution in [-0.2, 0) is 14.8 Å². The first kappa shape index (κ1) is 20.2. The number of hydrogen-bond acceptors (Lipinski definition) is 6. The van der Waals surface area contributed by atoms with E-state index in [0.29, 0.717) is 43.0 Å². The van der Waals surface area contributed by atoms with Crippen LogP contribution in [0.4, 0.5) is 4.39 Å². The summed E-state index contributed by atoms with van der Waals surface area (Å²) in [5.74, 6) is 0.492. The summed E-state index contributed by atoms with van der Waals surface area (Å²) in [4.78, 5) is 14.7. The first-order valence-electron chi connectivity index (χ1n) is 10.0. The molecule has 3 heterocycles. The van der Waals surface area contributed by atoms with Crippen molar-refractivity contribution in [2.45, 2.75) is 23.5 Å². The molecule has 8 nitrogen and oxygen atoms in total. The third kappa shape index (κ3) is 3.44. The minimum absolute atomic E-state index is 0.0256. The van der Waals surface area contributed by atoms with E-state index in [9.17, 15) is 17.6 Å². The molecule has 0 unspecified atom stereocenters. The van der Waals surface area contributed by atoms with Crippen LogP contribution in [0.15, 0.2) is 47.4 Å². The summed E-state index contributed by atoms with van der Waals surface area (Å²) in [7, 11) is -3.85. The van der Waals surface area contributed by atoms with Gasteiger partial charge in [-0.15, -0.1) is 0 Å². The van der Waals surface area contributed by atoms with Gasteiger partial charge < -0.3 is 19.1 Å². The van der Waals surface area contributed by atoms with Crippen molar-refractivity contribution in [1.82, 2.24) is 9.21 Å². The lowest BCUT2D eigenvalue weighted by Crippen LogP contribution is -2.55. The fourth-order valence-corrected chi connectivity index (χ4v) is 6.06. The van der Waals surface area contributed by atoms with Crippen molar-refractivity contribution >= 4 is 15.9 Å². The number of hydrogen-bond donors (Lipinski definition) is 0. The van der Waals surface area contributed by atoms with Gasteiger partial charge in [-0.1, -0.05) is 0 Å². The Bertz CT molecular complexity index is 1110. The zero-order valence-corrected chi connectivity index (χ0v) is 17.4. The number of carbonyl (C=O) groups excluding carboxylic acids is 1. The van der Waals surface area contributed by atoms with Crippen LogP contribution in [0.5, 0.6) is 11.5 Å². The predicted molar refractivity (Wildman–Crippen MR) is 107 cm³/mol. The molecule has 2 aromatic rings. The number of fused-ring (bicyclic) bond motifs is 1. The zero-order chi connectivity index (χ0) is 21.6. The number of sulfonamides is 1. The van der Waals surface area contributed by atoms with Gasteiger partial charge in [-0.2, -0.15) is 4.31 Å². The monoisotopic (exact) mass is 448 g/mol.